The molecule has 0 spiro atoms. The topological polar surface area (TPSA) is 73.3 Å². The van der Waals surface area contributed by atoms with Gasteiger partial charge in [0, 0.05) is 40.4 Å². The van der Waals surface area contributed by atoms with E-state index in [2.05, 4.69) is 10.7 Å². The first-order valence-electron chi connectivity index (χ1n) is 9.79. The van der Waals surface area contributed by atoms with Gasteiger partial charge in [-0.25, -0.2) is 10.4 Å². The van der Waals surface area contributed by atoms with E-state index in [1.807, 2.05) is 54.6 Å². The fraction of sp³-hybridized carbons (Fsp3) is 0.0870. The van der Waals surface area contributed by atoms with Crippen LogP contribution in [0.5, 0.6) is 0 Å². The quantitative estimate of drug-likeness (QED) is 0.300. The number of fused-ring (bicyclic) bond motifs is 1. The standard InChI is InChI=1S/C23H19Cl2N5OS/c1-30-19-12-9-16(25)13-18(19)20(14-5-3-2-4-6-14)26-21(22(30)31)27-23(32)29-28-17-10-7-15(24)8-11-17/h2-13,21,28H,1H3,(H2,27,29,32)/p+1. The van der Waals surface area contributed by atoms with Gasteiger partial charge in [-0.3, -0.25) is 10.1 Å². The number of quaternary nitrogens is 1. The zero-order valence-corrected chi connectivity index (χ0v) is 19.4. The minimum absolute atomic E-state index is 0.234. The van der Waals surface area contributed by atoms with E-state index < -0.39 is 6.17 Å². The van der Waals surface area contributed by atoms with Gasteiger partial charge in [0.25, 0.3) is 11.0 Å². The van der Waals surface area contributed by atoms with Crippen LogP contribution < -0.4 is 21.1 Å². The van der Waals surface area contributed by atoms with Gasteiger partial charge >= 0.3 is 0 Å². The van der Waals surface area contributed by atoms with Gasteiger partial charge < -0.3 is 4.90 Å². The number of nitrogens with two attached hydrogens (primary N) is 1. The van der Waals surface area contributed by atoms with E-state index >= 15 is 0 Å². The molecule has 32 heavy (non-hydrogen) atoms. The fourth-order valence-corrected chi connectivity index (χ4v) is 3.81. The molecule has 0 radical (unpaired) electrons. The number of nitrogens with zero attached hydrogens (tertiary/aromatic N) is 2. The van der Waals surface area contributed by atoms with Crippen LogP contribution in [0.25, 0.3) is 0 Å². The normalized spacial score (nSPS) is 15.5. The Hall–Kier alpha value is -2.97. The number of nitrogens with one attached hydrogen (secondary N) is 2. The molecular weight excluding hydrogens is 465 g/mol. The maximum atomic E-state index is 13.2. The molecule has 4 N–H and O–H groups in total. The van der Waals surface area contributed by atoms with Gasteiger partial charge in [0.1, 0.15) is 0 Å². The van der Waals surface area contributed by atoms with Crippen LogP contribution in [0, 0.1) is 0 Å². The number of hydrogen-bond acceptors (Lipinski definition) is 4. The summed E-state index contributed by atoms with van der Waals surface area (Å²) >= 11 is 17.6. The van der Waals surface area contributed by atoms with E-state index in [0.29, 0.717) is 20.9 Å². The summed E-state index contributed by atoms with van der Waals surface area (Å²) in [5.41, 5.74) is 8.55. The van der Waals surface area contributed by atoms with Gasteiger partial charge in [0.2, 0.25) is 6.17 Å². The number of halogens is 2. The first-order chi connectivity index (χ1) is 15.4. The van der Waals surface area contributed by atoms with Crippen LogP contribution in [0.15, 0.2) is 77.8 Å². The highest BCUT2D eigenvalue weighted by Gasteiger charge is 2.31. The number of carbonyl (C=O) groups excluding carboxylic acids is 1. The lowest BCUT2D eigenvalue weighted by Crippen LogP contribution is -2.94. The monoisotopic (exact) mass is 484 g/mol. The second-order valence-electron chi connectivity index (χ2n) is 7.11. The number of anilines is 2. The summed E-state index contributed by atoms with van der Waals surface area (Å²) in [5, 5.41) is 4.59. The predicted molar refractivity (Wildman–Crippen MR) is 133 cm³/mol. The molecule has 0 fully saturated rings. The Bertz CT molecular complexity index is 1180. The molecule has 0 saturated heterocycles. The Morgan fingerprint density at radius 3 is 2.44 bits per heavy atom. The molecule has 1 heterocycles. The summed E-state index contributed by atoms with van der Waals surface area (Å²) in [4.78, 5) is 19.6. The van der Waals surface area contributed by atoms with Crippen molar-refractivity contribution >= 4 is 63.5 Å². The van der Waals surface area contributed by atoms with E-state index in [-0.39, 0.29) is 5.91 Å². The number of rotatable bonds is 4. The minimum atomic E-state index is -0.905. The van der Waals surface area contributed by atoms with E-state index in [9.17, 15) is 4.79 Å². The van der Waals surface area contributed by atoms with Crippen LogP contribution in [-0.2, 0) is 4.79 Å². The second kappa shape index (κ2) is 9.67. The van der Waals surface area contributed by atoms with Gasteiger partial charge in [-0.1, -0.05) is 53.5 Å². The minimum Gasteiger partial charge on any atom is -0.311 e. The van der Waals surface area contributed by atoms with E-state index in [1.165, 1.54) is 0 Å². The third-order valence-corrected chi connectivity index (χ3v) is 5.66. The van der Waals surface area contributed by atoms with Crippen molar-refractivity contribution in [3.8, 4) is 0 Å². The largest absolute Gasteiger partial charge is 0.311 e. The van der Waals surface area contributed by atoms with Crippen molar-refractivity contribution in [3.63, 3.8) is 0 Å². The van der Waals surface area contributed by atoms with Crippen LogP contribution >= 0.6 is 35.4 Å². The molecule has 1 aliphatic rings. The van der Waals surface area contributed by atoms with E-state index in [1.54, 1.807) is 35.6 Å². The smallest absolute Gasteiger partial charge is 0.293 e. The maximum absolute atomic E-state index is 13.2. The first kappa shape index (κ1) is 22.2. The molecule has 0 aromatic heterocycles. The van der Waals surface area contributed by atoms with Gasteiger partial charge in [-0.15, -0.1) is 0 Å². The third-order valence-electron chi connectivity index (χ3n) is 4.94. The van der Waals surface area contributed by atoms with Crippen LogP contribution in [-0.4, -0.2) is 29.9 Å². The van der Waals surface area contributed by atoms with Crippen molar-refractivity contribution in [2.24, 2.45) is 4.99 Å². The van der Waals surface area contributed by atoms with Gasteiger partial charge in [-0.2, -0.15) is 5.43 Å². The highest BCUT2D eigenvalue weighted by molar-refractivity contribution is 7.79. The highest BCUT2D eigenvalue weighted by atomic mass is 35.5. The molecule has 162 valence electrons. The average molecular weight is 485 g/mol. The number of benzodiazepines with no additional fused rings is 1. The van der Waals surface area contributed by atoms with Crippen molar-refractivity contribution in [1.82, 2.24) is 5.32 Å². The molecule has 6 nitrogen and oxygen atoms in total. The molecule has 0 aliphatic carbocycles. The summed E-state index contributed by atoms with van der Waals surface area (Å²) in [7, 11) is 1.71. The Kier molecular flexibility index (Phi) is 6.72. The molecule has 1 aliphatic heterocycles. The molecule has 0 saturated carbocycles. The zero-order valence-electron chi connectivity index (χ0n) is 17.0. The molecule has 1 amide bonds. The molecule has 9 heteroatoms. The Morgan fingerprint density at radius 1 is 1.03 bits per heavy atom. The number of amides is 1. The van der Waals surface area contributed by atoms with Crippen molar-refractivity contribution in [3.05, 3.63) is 94.0 Å². The number of nitrogen functional groups attached to an aromatic ring is 1. The zero-order chi connectivity index (χ0) is 22.7. The van der Waals surface area contributed by atoms with Crippen LogP contribution in [0.3, 0.4) is 0 Å². The first-order valence-corrected chi connectivity index (χ1v) is 11.0. The lowest BCUT2D eigenvalue weighted by Gasteiger charge is -2.21. The average Bonchev–Trinajstić information content (AvgIpc) is 2.89. The molecule has 1 atom stereocenters. The number of hydrogen-bond donors (Lipinski definition) is 3. The predicted octanol–water partition coefficient (Wildman–Crippen LogP) is 3.60. The summed E-state index contributed by atoms with van der Waals surface area (Å²) in [6.07, 6.45) is -0.905. The summed E-state index contributed by atoms with van der Waals surface area (Å²) in [5.74, 6) is -0.234. The number of benzene rings is 3. The van der Waals surface area contributed by atoms with E-state index in [0.717, 1.165) is 22.5 Å². The number of carbonyl (C=O) groups is 1. The molecule has 4 rings (SSSR count). The summed E-state index contributed by atoms with van der Waals surface area (Å²) in [6.45, 7) is 0. The second-order valence-corrected chi connectivity index (χ2v) is 8.42. The third kappa shape index (κ3) is 4.92. The van der Waals surface area contributed by atoms with Crippen molar-refractivity contribution in [2.45, 2.75) is 6.17 Å². The van der Waals surface area contributed by atoms with Crippen molar-refractivity contribution in [2.75, 3.05) is 17.4 Å². The lowest BCUT2D eigenvalue weighted by atomic mass is 10.0. The fourth-order valence-electron chi connectivity index (χ4n) is 3.34. The molecule has 3 aromatic carbocycles. The number of likely N-dealkylation sites (N-methyl/N-ethyl adjacent to an activating group) is 1. The Morgan fingerprint density at radius 2 is 1.72 bits per heavy atom. The highest BCUT2D eigenvalue weighted by Crippen LogP contribution is 2.29. The van der Waals surface area contributed by atoms with Crippen LogP contribution in [0.4, 0.5) is 11.4 Å². The van der Waals surface area contributed by atoms with Gasteiger partial charge in [-0.05, 0) is 42.5 Å². The SMILES string of the molecule is CN1C(=O)C(NC(=S)[NH2+]Nc2ccc(Cl)cc2)N=C(c2ccccc2)c2cc(Cl)ccc21. The number of thiocarbonyl (C=S) groups is 1. The van der Waals surface area contributed by atoms with Crippen molar-refractivity contribution in [1.29, 1.82) is 0 Å². The molecule has 3 aromatic rings. The summed E-state index contributed by atoms with van der Waals surface area (Å²) < 4.78 is 0. The molecule has 0 bridgehead atoms. The lowest BCUT2D eigenvalue weighted by molar-refractivity contribution is -0.505. The van der Waals surface area contributed by atoms with Crippen LogP contribution in [0.1, 0.15) is 11.1 Å². The molecular formula is C23H20Cl2N5OS+. The van der Waals surface area contributed by atoms with Crippen molar-refractivity contribution < 1.29 is 10.2 Å². The maximum Gasteiger partial charge on any atom is 0.293 e. The van der Waals surface area contributed by atoms with Gasteiger partial charge in [0.05, 0.1) is 17.1 Å². The number of aliphatic imine (C=N–C) groups is 1. The van der Waals surface area contributed by atoms with E-state index in [4.69, 9.17) is 40.4 Å². The Labute approximate surface area is 201 Å². The van der Waals surface area contributed by atoms with Gasteiger partial charge in [0.15, 0.2) is 0 Å². The molecule has 1 unspecified atom stereocenters. The summed E-state index contributed by atoms with van der Waals surface area (Å²) in [6, 6.07) is 22.3. The Balaban J connectivity index is 1.62. The van der Waals surface area contributed by atoms with Crippen LogP contribution in [0.2, 0.25) is 10.0 Å².